The maximum absolute atomic E-state index is 3.56. The largest absolute Gasteiger partial charge is 0.311 e. The van der Waals surface area contributed by atoms with E-state index in [4.69, 9.17) is 0 Å². The quantitative estimate of drug-likeness (QED) is 0.819. The molecule has 0 spiro atoms. The zero-order valence-corrected chi connectivity index (χ0v) is 12.6. The molecule has 0 radical (unpaired) electrons. The van der Waals surface area contributed by atoms with Crippen molar-refractivity contribution in [2.75, 3.05) is 46.3 Å². The molecule has 1 aliphatic rings. The standard InChI is InChI=1S/C14H25N3S/c1-12-10-14(18-13(12)2)11-15-4-5-17-8-6-16(3)7-9-17/h10,15H,4-9,11H2,1-3H3. The average Bonchev–Trinajstić information content (AvgIpc) is 2.67. The number of nitrogens with one attached hydrogen (secondary N) is 1. The SMILES string of the molecule is Cc1cc(CNCCN2CCN(C)CC2)sc1C. The summed E-state index contributed by atoms with van der Waals surface area (Å²) in [6.07, 6.45) is 0. The molecule has 4 heteroatoms. The zero-order chi connectivity index (χ0) is 13.0. The van der Waals surface area contributed by atoms with Gasteiger partial charge in [-0.05, 0) is 32.5 Å². The fourth-order valence-electron chi connectivity index (χ4n) is 2.26. The predicted molar refractivity (Wildman–Crippen MR) is 79.4 cm³/mol. The number of thiophene rings is 1. The van der Waals surface area contributed by atoms with Crippen LogP contribution in [0.25, 0.3) is 0 Å². The van der Waals surface area contributed by atoms with Crippen LogP contribution in [0.1, 0.15) is 15.3 Å². The average molecular weight is 267 g/mol. The first-order valence-electron chi connectivity index (χ1n) is 6.82. The summed E-state index contributed by atoms with van der Waals surface area (Å²) >= 11 is 1.92. The van der Waals surface area contributed by atoms with E-state index in [1.54, 1.807) is 0 Å². The fourth-order valence-corrected chi connectivity index (χ4v) is 3.28. The number of nitrogens with zero attached hydrogens (tertiary/aromatic N) is 2. The van der Waals surface area contributed by atoms with E-state index in [1.807, 2.05) is 11.3 Å². The molecule has 1 saturated heterocycles. The summed E-state index contributed by atoms with van der Waals surface area (Å²) in [5.41, 5.74) is 1.43. The Kier molecular flexibility index (Phi) is 5.18. The van der Waals surface area contributed by atoms with E-state index in [1.165, 1.54) is 48.0 Å². The van der Waals surface area contributed by atoms with E-state index in [2.05, 4.69) is 42.1 Å². The highest BCUT2D eigenvalue weighted by Crippen LogP contribution is 2.20. The Morgan fingerprint density at radius 1 is 1.22 bits per heavy atom. The molecule has 1 N–H and O–H groups in total. The highest BCUT2D eigenvalue weighted by Gasteiger charge is 2.12. The minimum atomic E-state index is 1.02. The molecule has 0 unspecified atom stereocenters. The predicted octanol–water partition coefficient (Wildman–Crippen LogP) is 1.70. The Hall–Kier alpha value is -0.420. The van der Waals surface area contributed by atoms with Gasteiger partial charge in [-0.3, -0.25) is 4.90 Å². The van der Waals surface area contributed by atoms with Crippen LogP contribution in [0, 0.1) is 13.8 Å². The van der Waals surface area contributed by atoms with Gasteiger partial charge >= 0.3 is 0 Å². The third-order valence-electron chi connectivity index (χ3n) is 3.72. The zero-order valence-electron chi connectivity index (χ0n) is 11.8. The summed E-state index contributed by atoms with van der Waals surface area (Å²) < 4.78 is 0. The van der Waals surface area contributed by atoms with Gasteiger partial charge < -0.3 is 10.2 Å². The van der Waals surface area contributed by atoms with Crippen LogP contribution >= 0.6 is 11.3 Å². The highest BCUT2D eigenvalue weighted by atomic mass is 32.1. The normalized spacial score (nSPS) is 18.4. The molecule has 0 amide bonds. The van der Waals surface area contributed by atoms with E-state index < -0.39 is 0 Å². The van der Waals surface area contributed by atoms with Gasteiger partial charge in [0.25, 0.3) is 0 Å². The molecule has 1 aliphatic heterocycles. The number of likely N-dealkylation sites (N-methyl/N-ethyl adjacent to an activating group) is 1. The van der Waals surface area contributed by atoms with Gasteiger partial charge in [-0.1, -0.05) is 0 Å². The summed E-state index contributed by atoms with van der Waals surface area (Å²) in [4.78, 5) is 7.87. The van der Waals surface area contributed by atoms with Crippen LogP contribution in [0.4, 0.5) is 0 Å². The fraction of sp³-hybridized carbons (Fsp3) is 0.714. The van der Waals surface area contributed by atoms with Crippen molar-refractivity contribution < 1.29 is 0 Å². The number of aryl methyl sites for hydroxylation is 2. The molecule has 0 aromatic carbocycles. The Bertz CT molecular complexity index is 348. The molecular formula is C14H25N3S. The van der Waals surface area contributed by atoms with Crippen LogP contribution in [-0.2, 0) is 6.54 Å². The lowest BCUT2D eigenvalue weighted by Crippen LogP contribution is -2.46. The molecule has 0 saturated carbocycles. The molecule has 102 valence electrons. The lowest BCUT2D eigenvalue weighted by molar-refractivity contribution is 0.154. The summed E-state index contributed by atoms with van der Waals surface area (Å²) in [6, 6.07) is 2.31. The van der Waals surface area contributed by atoms with E-state index >= 15 is 0 Å². The lowest BCUT2D eigenvalue weighted by atomic mass is 10.3. The smallest absolute Gasteiger partial charge is 0.0300 e. The van der Waals surface area contributed by atoms with E-state index in [0.29, 0.717) is 0 Å². The van der Waals surface area contributed by atoms with Crippen molar-refractivity contribution >= 4 is 11.3 Å². The number of rotatable bonds is 5. The van der Waals surface area contributed by atoms with Crippen molar-refractivity contribution in [3.63, 3.8) is 0 Å². The van der Waals surface area contributed by atoms with Crippen LogP contribution in [0.15, 0.2) is 6.07 Å². The summed E-state index contributed by atoms with van der Waals surface area (Å²) in [5.74, 6) is 0. The van der Waals surface area contributed by atoms with Crippen molar-refractivity contribution in [1.29, 1.82) is 0 Å². The maximum atomic E-state index is 3.56. The van der Waals surface area contributed by atoms with Crippen molar-refractivity contribution in [2.24, 2.45) is 0 Å². The molecule has 0 bridgehead atoms. The van der Waals surface area contributed by atoms with Crippen LogP contribution in [0.5, 0.6) is 0 Å². The second-order valence-corrected chi connectivity index (χ2v) is 6.61. The second kappa shape index (κ2) is 6.66. The van der Waals surface area contributed by atoms with Crippen molar-refractivity contribution in [3.05, 3.63) is 21.4 Å². The van der Waals surface area contributed by atoms with Crippen molar-refractivity contribution in [2.45, 2.75) is 20.4 Å². The Morgan fingerprint density at radius 2 is 1.94 bits per heavy atom. The van der Waals surface area contributed by atoms with Gasteiger partial charge in [0, 0.05) is 55.6 Å². The molecule has 1 aromatic heterocycles. The summed E-state index contributed by atoms with van der Waals surface area (Å²) in [5, 5.41) is 3.56. The Balaban J connectivity index is 1.61. The minimum absolute atomic E-state index is 1.02. The highest BCUT2D eigenvalue weighted by molar-refractivity contribution is 7.12. The monoisotopic (exact) mass is 267 g/mol. The molecule has 1 aromatic rings. The van der Waals surface area contributed by atoms with Crippen LogP contribution in [0.3, 0.4) is 0 Å². The second-order valence-electron chi connectivity index (χ2n) is 5.27. The molecular weight excluding hydrogens is 242 g/mol. The number of hydrogen-bond donors (Lipinski definition) is 1. The van der Waals surface area contributed by atoms with Gasteiger partial charge in [-0.2, -0.15) is 0 Å². The molecule has 0 aliphatic carbocycles. The Morgan fingerprint density at radius 3 is 2.56 bits per heavy atom. The number of piperazine rings is 1. The van der Waals surface area contributed by atoms with Crippen LogP contribution in [0.2, 0.25) is 0 Å². The number of hydrogen-bond acceptors (Lipinski definition) is 4. The van der Waals surface area contributed by atoms with E-state index in [9.17, 15) is 0 Å². The first-order valence-corrected chi connectivity index (χ1v) is 7.64. The van der Waals surface area contributed by atoms with Gasteiger partial charge in [-0.25, -0.2) is 0 Å². The Labute approximate surface area is 115 Å². The molecule has 3 nitrogen and oxygen atoms in total. The molecule has 2 heterocycles. The van der Waals surface area contributed by atoms with E-state index in [-0.39, 0.29) is 0 Å². The summed E-state index contributed by atoms with van der Waals surface area (Å²) in [6.45, 7) is 12.6. The summed E-state index contributed by atoms with van der Waals surface area (Å²) in [7, 11) is 2.21. The van der Waals surface area contributed by atoms with Gasteiger partial charge in [0.15, 0.2) is 0 Å². The van der Waals surface area contributed by atoms with Gasteiger partial charge in [0.05, 0.1) is 0 Å². The van der Waals surface area contributed by atoms with Gasteiger partial charge in [-0.15, -0.1) is 11.3 Å². The third kappa shape index (κ3) is 4.05. The van der Waals surface area contributed by atoms with E-state index in [0.717, 1.165) is 13.1 Å². The first-order chi connectivity index (χ1) is 8.65. The van der Waals surface area contributed by atoms with Gasteiger partial charge in [0.2, 0.25) is 0 Å². The molecule has 1 fully saturated rings. The molecule has 18 heavy (non-hydrogen) atoms. The van der Waals surface area contributed by atoms with Crippen LogP contribution < -0.4 is 5.32 Å². The van der Waals surface area contributed by atoms with Gasteiger partial charge in [0.1, 0.15) is 0 Å². The first kappa shape index (κ1) is 14.0. The molecule has 0 atom stereocenters. The van der Waals surface area contributed by atoms with Crippen molar-refractivity contribution in [3.8, 4) is 0 Å². The third-order valence-corrected chi connectivity index (χ3v) is 4.87. The lowest BCUT2D eigenvalue weighted by Gasteiger charge is -2.32. The van der Waals surface area contributed by atoms with Crippen LogP contribution in [-0.4, -0.2) is 56.1 Å². The van der Waals surface area contributed by atoms with Crippen molar-refractivity contribution in [1.82, 2.24) is 15.1 Å². The molecule has 2 rings (SSSR count). The topological polar surface area (TPSA) is 18.5 Å². The maximum Gasteiger partial charge on any atom is 0.0300 e. The minimum Gasteiger partial charge on any atom is -0.311 e.